The van der Waals surface area contributed by atoms with E-state index in [9.17, 15) is 4.79 Å². The number of nitrogens with one attached hydrogen (secondary N) is 1. The first-order valence-electron chi connectivity index (χ1n) is 8.05. The standard InChI is InChI=1S/C20H16N2O3S/c1-12-15-5-3-4-6-17(15)25-18(12)19(23)22-20-21-16(11-26-20)13-7-9-14(24-2)10-8-13/h3-11H,1-2H3,(H,21,22,23). The number of rotatable bonds is 4. The Balaban J connectivity index is 1.56. The van der Waals surface area contributed by atoms with E-state index in [1.165, 1.54) is 11.3 Å². The fourth-order valence-electron chi connectivity index (χ4n) is 2.77. The summed E-state index contributed by atoms with van der Waals surface area (Å²) in [6.07, 6.45) is 0. The van der Waals surface area contributed by atoms with E-state index in [-0.39, 0.29) is 5.91 Å². The molecule has 26 heavy (non-hydrogen) atoms. The number of carbonyl (C=O) groups excluding carboxylic acids is 1. The number of carbonyl (C=O) groups is 1. The zero-order valence-electron chi connectivity index (χ0n) is 14.3. The van der Waals surface area contributed by atoms with Crippen LogP contribution in [-0.2, 0) is 0 Å². The molecule has 0 bridgehead atoms. The Morgan fingerprint density at radius 3 is 2.65 bits per heavy atom. The van der Waals surface area contributed by atoms with Crippen LogP contribution in [0.25, 0.3) is 22.2 Å². The Morgan fingerprint density at radius 1 is 1.15 bits per heavy atom. The zero-order valence-corrected chi connectivity index (χ0v) is 15.1. The average Bonchev–Trinajstić information content (AvgIpc) is 3.27. The molecule has 1 amide bonds. The number of para-hydroxylation sites is 1. The van der Waals surface area contributed by atoms with Crippen molar-refractivity contribution >= 4 is 33.3 Å². The predicted octanol–water partition coefficient (Wildman–Crippen LogP) is 5.13. The van der Waals surface area contributed by atoms with Crippen LogP contribution in [0.1, 0.15) is 16.1 Å². The van der Waals surface area contributed by atoms with Crippen LogP contribution >= 0.6 is 11.3 Å². The second kappa shape index (κ2) is 6.65. The minimum atomic E-state index is -0.297. The van der Waals surface area contributed by atoms with Crippen molar-refractivity contribution in [1.29, 1.82) is 0 Å². The second-order valence-corrected chi connectivity index (χ2v) is 6.63. The number of thiazole rings is 1. The first kappa shape index (κ1) is 16.4. The van der Waals surface area contributed by atoms with Crippen molar-refractivity contribution in [1.82, 2.24) is 4.98 Å². The van der Waals surface area contributed by atoms with E-state index in [2.05, 4.69) is 10.3 Å². The summed E-state index contributed by atoms with van der Waals surface area (Å²) in [4.78, 5) is 17.1. The summed E-state index contributed by atoms with van der Waals surface area (Å²) in [5.41, 5.74) is 3.29. The molecular weight excluding hydrogens is 348 g/mol. The predicted molar refractivity (Wildman–Crippen MR) is 103 cm³/mol. The van der Waals surface area contributed by atoms with E-state index in [1.54, 1.807) is 7.11 Å². The largest absolute Gasteiger partial charge is 0.497 e. The average molecular weight is 364 g/mol. The van der Waals surface area contributed by atoms with Crippen LogP contribution in [0.2, 0.25) is 0 Å². The monoisotopic (exact) mass is 364 g/mol. The number of anilines is 1. The van der Waals surface area contributed by atoms with Crippen LogP contribution in [0.5, 0.6) is 5.75 Å². The zero-order chi connectivity index (χ0) is 18.1. The van der Waals surface area contributed by atoms with Crippen LogP contribution in [-0.4, -0.2) is 18.0 Å². The topological polar surface area (TPSA) is 64.4 Å². The van der Waals surface area contributed by atoms with E-state index in [1.807, 2.05) is 60.8 Å². The van der Waals surface area contributed by atoms with Crippen LogP contribution in [0.4, 0.5) is 5.13 Å². The molecule has 0 aliphatic heterocycles. The van der Waals surface area contributed by atoms with Gasteiger partial charge in [-0.05, 0) is 37.3 Å². The number of ether oxygens (including phenoxy) is 1. The number of amides is 1. The molecule has 0 aliphatic rings. The molecular formula is C20H16N2O3S. The molecule has 0 atom stereocenters. The van der Waals surface area contributed by atoms with Crippen LogP contribution in [0, 0.1) is 6.92 Å². The lowest BCUT2D eigenvalue weighted by atomic mass is 10.1. The van der Waals surface area contributed by atoms with Gasteiger partial charge in [-0.25, -0.2) is 4.98 Å². The molecule has 0 fully saturated rings. The molecule has 1 N–H and O–H groups in total. The van der Waals surface area contributed by atoms with E-state index < -0.39 is 0 Å². The maximum Gasteiger partial charge on any atom is 0.293 e. The molecule has 0 spiro atoms. The van der Waals surface area contributed by atoms with Crippen molar-refractivity contribution in [3.05, 3.63) is 65.2 Å². The van der Waals surface area contributed by atoms with Gasteiger partial charge in [-0.1, -0.05) is 18.2 Å². The highest BCUT2D eigenvalue weighted by atomic mass is 32.1. The molecule has 2 heterocycles. The normalized spacial score (nSPS) is 10.8. The Labute approximate surface area is 154 Å². The maximum absolute atomic E-state index is 12.6. The smallest absolute Gasteiger partial charge is 0.293 e. The molecule has 0 unspecified atom stereocenters. The molecule has 5 nitrogen and oxygen atoms in total. The first-order valence-corrected chi connectivity index (χ1v) is 8.93. The van der Waals surface area contributed by atoms with Gasteiger partial charge >= 0.3 is 0 Å². The van der Waals surface area contributed by atoms with Crippen molar-refractivity contribution in [3.8, 4) is 17.0 Å². The van der Waals surface area contributed by atoms with Crippen molar-refractivity contribution in [3.63, 3.8) is 0 Å². The summed E-state index contributed by atoms with van der Waals surface area (Å²) in [6, 6.07) is 15.2. The molecule has 2 aromatic heterocycles. The van der Waals surface area contributed by atoms with Gasteiger partial charge in [0.25, 0.3) is 5.91 Å². The third-order valence-electron chi connectivity index (χ3n) is 4.16. The number of aryl methyl sites for hydroxylation is 1. The fraction of sp³-hybridized carbons (Fsp3) is 0.100. The highest BCUT2D eigenvalue weighted by Crippen LogP contribution is 2.28. The van der Waals surface area contributed by atoms with E-state index in [0.717, 1.165) is 28.0 Å². The number of benzene rings is 2. The lowest BCUT2D eigenvalue weighted by molar-refractivity contribution is 0.0998. The van der Waals surface area contributed by atoms with Gasteiger partial charge in [-0.15, -0.1) is 11.3 Å². The molecule has 0 saturated carbocycles. The van der Waals surface area contributed by atoms with Gasteiger partial charge in [-0.3, -0.25) is 10.1 Å². The molecule has 4 rings (SSSR count). The van der Waals surface area contributed by atoms with Crippen LogP contribution < -0.4 is 10.1 Å². The minimum Gasteiger partial charge on any atom is -0.497 e. The Morgan fingerprint density at radius 2 is 1.92 bits per heavy atom. The quantitative estimate of drug-likeness (QED) is 0.545. The summed E-state index contributed by atoms with van der Waals surface area (Å²) in [7, 11) is 1.63. The SMILES string of the molecule is COc1ccc(-c2csc(NC(=O)c3oc4ccccc4c3C)n2)cc1. The number of hydrogen-bond donors (Lipinski definition) is 1. The highest BCUT2D eigenvalue weighted by molar-refractivity contribution is 7.14. The van der Waals surface area contributed by atoms with Crippen LogP contribution in [0.3, 0.4) is 0 Å². The first-order chi connectivity index (χ1) is 12.7. The fourth-order valence-corrected chi connectivity index (χ4v) is 3.49. The van der Waals surface area contributed by atoms with Crippen molar-refractivity contribution < 1.29 is 13.9 Å². The Bertz CT molecular complexity index is 1080. The van der Waals surface area contributed by atoms with Gasteiger partial charge in [-0.2, -0.15) is 0 Å². The number of fused-ring (bicyclic) bond motifs is 1. The molecule has 0 aliphatic carbocycles. The lowest BCUT2D eigenvalue weighted by Crippen LogP contribution is -2.11. The van der Waals surface area contributed by atoms with Gasteiger partial charge in [0.1, 0.15) is 11.3 Å². The van der Waals surface area contributed by atoms with Gasteiger partial charge in [0.2, 0.25) is 0 Å². The number of methoxy groups -OCH3 is 1. The third kappa shape index (κ3) is 2.95. The van der Waals surface area contributed by atoms with Crippen LogP contribution in [0.15, 0.2) is 58.3 Å². The summed E-state index contributed by atoms with van der Waals surface area (Å²) in [5.74, 6) is 0.805. The van der Waals surface area contributed by atoms with Crippen molar-refractivity contribution in [2.24, 2.45) is 0 Å². The molecule has 0 radical (unpaired) electrons. The molecule has 130 valence electrons. The summed E-state index contributed by atoms with van der Waals surface area (Å²) < 4.78 is 10.9. The van der Waals surface area contributed by atoms with E-state index >= 15 is 0 Å². The van der Waals surface area contributed by atoms with Crippen molar-refractivity contribution in [2.45, 2.75) is 6.92 Å². The number of furan rings is 1. The lowest BCUT2D eigenvalue weighted by Gasteiger charge is -2.01. The number of nitrogens with zero attached hydrogens (tertiary/aromatic N) is 1. The second-order valence-electron chi connectivity index (χ2n) is 5.77. The molecule has 6 heteroatoms. The minimum absolute atomic E-state index is 0.297. The van der Waals surface area contributed by atoms with E-state index in [4.69, 9.17) is 9.15 Å². The van der Waals surface area contributed by atoms with Gasteiger partial charge in [0, 0.05) is 21.9 Å². The Kier molecular flexibility index (Phi) is 4.18. The maximum atomic E-state index is 12.6. The van der Waals surface area contributed by atoms with E-state index in [0.29, 0.717) is 16.5 Å². The van der Waals surface area contributed by atoms with Gasteiger partial charge < -0.3 is 9.15 Å². The number of aromatic nitrogens is 1. The summed E-state index contributed by atoms with van der Waals surface area (Å²) >= 11 is 1.37. The highest BCUT2D eigenvalue weighted by Gasteiger charge is 2.18. The summed E-state index contributed by atoms with van der Waals surface area (Å²) in [6.45, 7) is 1.88. The van der Waals surface area contributed by atoms with Gasteiger partial charge in [0.05, 0.1) is 12.8 Å². The molecule has 0 saturated heterocycles. The van der Waals surface area contributed by atoms with Gasteiger partial charge in [0.15, 0.2) is 10.9 Å². The summed E-state index contributed by atoms with van der Waals surface area (Å²) in [5, 5.41) is 6.20. The number of hydrogen-bond acceptors (Lipinski definition) is 5. The Hall–Kier alpha value is -3.12. The van der Waals surface area contributed by atoms with Crippen molar-refractivity contribution in [2.75, 3.05) is 12.4 Å². The molecule has 2 aromatic carbocycles. The molecule has 4 aromatic rings. The third-order valence-corrected chi connectivity index (χ3v) is 4.92.